The average Bonchev–Trinajstić information content (AvgIpc) is 2.54. The molecule has 138 valence electrons. The van der Waals surface area contributed by atoms with Gasteiger partial charge in [0.15, 0.2) is 0 Å². The number of aryl methyl sites for hydroxylation is 1. The molecule has 0 aliphatic heterocycles. The Hall–Kier alpha value is -2.34. The van der Waals surface area contributed by atoms with Crippen molar-refractivity contribution in [3.63, 3.8) is 0 Å². The van der Waals surface area contributed by atoms with Gasteiger partial charge in [-0.25, -0.2) is 9.69 Å². The summed E-state index contributed by atoms with van der Waals surface area (Å²) in [5.41, 5.74) is 7.23. The van der Waals surface area contributed by atoms with Crippen LogP contribution >= 0.6 is 15.9 Å². The maximum atomic E-state index is 13.1. The van der Waals surface area contributed by atoms with Crippen molar-refractivity contribution in [1.29, 1.82) is 0 Å². The number of carbonyl (C=O) groups is 2. The van der Waals surface area contributed by atoms with Crippen molar-refractivity contribution in [2.75, 3.05) is 10.6 Å². The van der Waals surface area contributed by atoms with E-state index in [1.807, 2.05) is 13.0 Å². The number of nitrogens with zero attached hydrogens (tertiary/aromatic N) is 1. The number of nitrogen functional groups attached to an aromatic ring is 1. The highest BCUT2D eigenvalue weighted by Gasteiger charge is 2.30. The van der Waals surface area contributed by atoms with Crippen LogP contribution in [0.2, 0.25) is 0 Å². The Morgan fingerprint density at radius 1 is 1.15 bits per heavy atom. The van der Waals surface area contributed by atoms with E-state index in [9.17, 15) is 9.59 Å². The molecule has 26 heavy (non-hydrogen) atoms. The van der Waals surface area contributed by atoms with Crippen molar-refractivity contribution in [3.8, 4) is 0 Å². The van der Waals surface area contributed by atoms with Crippen molar-refractivity contribution in [2.45, 2.75) is 39.7 Å². The summed E-state index contributed by atoms with van der Waals surface area (Å²) in [6.07, 6.45) is 0.0780. The molecule has 2 rings (SSSR count). The van der Waals surface area contributed by atoms with Crippen LogP contribution in [0, 0.1) is 0 Å². The number of halogens is 1. The standard InChI is InChI=1S/C20H23BrN2O3/c1-5-13-10-11-14(12-16(13)21)23(19(25)26-20(2,3)4)18(24)15-8-6-7-9-17(15)22/h6-12H,5,22H2,1-4H3. The monoisotopic (exact) mass is 418 g/mol. The van der Waals surface area contributed by atoms with Gasteiger partial charge in [0.05, 0.1) is 11.3 Å². The van der Waals surface area contributed by atoms with Gasteiger partial charge in [-0.3, -0.25) is 4.79 Å². The normalized spacial score (nSPS) is 11.1. The van der Waals surface area contributed by atoms with Gasteiger partial charge in [-0.2, -0.15) is 0 Å². The molecular weight excluding hydrogens is 396 g/mol. The Bertz CT molecular complexity index is 828. The number of rotatable bonds is 3. The molecule has 0 aliphatic rings. The highest BCUT2D eigenvalue weighted by atomic mass is 79.9. The van der Waals surface area contributed by atoms with E-state index in [4.69, 9.17) is 10.5 Å². The number of hydrogen-bond acceptors (Lipinski definition) is 4. The zero-order valence-electron chi connectivity index (χ0n) is 15.4. The predicted octanol–water partition coefficient (Wildman–Crippen LogP) is 5.18. The third kappa shape index (κ3) is 4.64. The maximum absolute atomic E-state index is 13.1. The third-order valence-corrected chi connectivity index (χ3v) is 4.38. The largest absolute Gasteiger partial charge is 0.443 e. The molecule has 0 fully saturated rings. The number of para-hydroxylation sites is 1. The summed E-state index contributed by atoms with van der Waals surface area (Å²) in [4.78, 5) is 26.9. The minimum Gasteiger partial charge on any atom is -0.443 e. The Balaban J connectivity index is 2.52. The first-order valence-corrected chi connectivity index (χ1v) is 9.13. The van der Waals surface area contributed by atoms with E-state index < -0.39 is 17.6 Å². The third-order valence-electron chi connectivity index (χ3n) is 3.65. The molecule has 0 unspecified atom stereocenters. The molecule has 0 aromatic heterocycles. The molecular formula is C20H23BrN2O3. The van der Waals surface area contributed by atoms with Crippen LogP contribution in [0.15, 0.2) is 46.9 Å². The Morgan fingerprint density at radius 3 is 2.35 bits per heavy atom. The molecule has 2 amide bonds. The first kappa shape index (κ1) is 20.0. The summed E-state index contributed by atoms with van der Waals surface area (Å²) in [7, 11) is 0. The molecule has 0 saturated carbocycles. The molecule has 6 heteroatoms. The number of amides is 2. The Morgan fingerprint density at radius 2 is 1.81 bits per heavy atom. The van der Waals surface area contributed by atoms with Crippen LogP contribution in [-0.2, 0) is 11.2 Å². The van der Waals surface area contributed by atoms with Crippen molar-refractivity contribution in [3.05, 3.63) is 58.1 Å². The predicted molar refractivity (Wildman–Crippen MR) is 107 cm³/mol. The van der Waals surface area contributed by atoms with Crippen LogP contribution < -0.4 is 10.6 Å². The fourth-order valence-corrected chi connectivity index (χ4v) is 3.03. The lowest BCUT2D eigenvalue weighted by molar-refractivity contribution is 0.0564. The van der Waals surface area contributed by atoms with Crippen LogP contribution in [0.3, 0.4) is 0 Å². The summed E-state index contributed by atoms with van der Waals surface area (Å²) in [5.74, 6) is -0.534. The van der Waals surface area contributed by atoms with Gasteiger partial charge in [-0.05, 0) is 57.0 Å². The van der Waals surface area contributed by atoms with Crippen LogP contribution in [0.1, 0.15) is 43.6 Å². The van der Waals surface area contributed by atoms with E-state index in [1.54, 1.807) is 57.2 Å². The van der Waals surface area contributed by atoms with E-state index in [2.05, 4.69) is 15.9 Å². The molecule has 0 heterocycles. The van der Waals surface area contributed by atoms with Crippen molar-refractivity contribution in [2.24, 2.45) is 0 Å². The molecule has 2 aromatic rings. The van der Waals surface area contributed by atoms with E-state index in [0.717, 1.165) is 21.4 Å². The maximum Gasteiger partial charge on any atom is 0.422 e. The van der Waals surface area contributed by atoms with Gasteiger partial charge in [-0.1, -0.05) is 41.1 Å². The van der Waals surface area contributed by atoms with E-state index in [1.165, 1.54) is 0 Å². The summed E-state index contributed by atoms with van der Waals surface area (Å²) in [6.45, 7) is 7.28. The number of benzene rings is 2. The molecule has 0 radical (unpaired) electrons. The van der Waals surface area contributed by atoms with E-state index in [0.29, 0.717) is 11.4 Å². The van der Waals surface area contributed by atoms with Gasteiger partial charge in [0.1, 0.15) is 5.60 Å². The second-order valence-electron chi connectivity index (χ2n) is 6.84. The quantitative estimate of drug-likeness (QED) is 0.697. The number of ether oxygens (including phenoxy) is 1. The van der Waals surface area contributed by atoms with Crippen molar-refractivity contribution < 1.29 is 14.3 Å². The lowest BCUT2D eigenvalue weighted by Crippen LogP contribution is -2.41. The number of carbonyl (C=O) groups excluding carboxylic acids is 2. The first-order valence-electron chi connectivity index (χ1n) is 8.34. The molecule has 0 spiro atoms. The van der Waals surface area contributed by atoms with Crippen molar-refractivity contribution >= 4 is 39.3 Å². The first-order chi connectivity index (χ1) is 12.1. The van der Waals surface area contributed by atoms with Gasteiger partial charge < -0.3 is 10.5 Å². The fraction of sp³-hybridized carbons (Fsp3) is 0.300. The summed E-state index contributed by atoms with van der Waals surface area (Å²) < 4.78 is 6.26. The minimum absolute atomic E-state index is 0.244. The molecule has 5 nitrogen and oxygen atoms in total. The molecule has 0 atom stereocenters. The lowest BCUT2D eigenvalue weighted by Gasteiger charge is -2.27. The molecule has 2 N–H and O–H groups in total. The average molecular weight is 419 g/mol. The number of imide groups is 1. The van der Waals surface area contributed by atoms with Gasteiger partial charge >= 0.3 is 6.09 Å². The van der Waals surface area contributed by atoms with Gasteiger partial charge in [0.25, 0.3) is 5.91 Å². The lowest BCUT2D eigenvalue weighted by atomic mass is 10.1. The summed E-state index contributed by atoms with van der Waals surface area (Å²) >= 11 is 3.49. The fourth-order valence-electron chi connectivity index (χ4n) is 2.39. The van der Waals surface area contributed by atoms with Gasteiger partial charge in [0, 0.05) is 10.2 Å². The number of nitrogens with two attached hydrogens (primary N) is 1. The van der Waals surface area contributed by atoms with E-state index in [-0.39, 0.29) is 5.56 Å². The zero-order valence-corrected chi connectivity index (χ0v) is 17.0. The summed E-state index contributed by atoms with van der Waals surface area (Å²) in [6, 6.07) is 12.0. The van der Waals surface area contributed by atoms with E-state index >= 15 is 0 Å². The SMILES string of the molecule is CCc1ccc(N(C(=O)OC(C)(C)C)C(=O)c2ccccc2N)cc1Br. The highest BCUT2D eigenvalue weighted by Crippen LogP contribution is 2.28. The zero-order chi connectivity index (χ0) is 19.5. The van der Waals surface area contributed by atoms with Gasteiger partial charge in [-0.15, -0.1) is 0 Å². The minimum atomic E-state index is -0.748. The van der Waals surface area contributed by atoms with Crippen LogP contribution in [0.5, 0.6) is 0 Å². The van der Waals surface area contributed by atoms with Crippen molar-refractivity contribution in [1.82, 2.24) is 0 Å². The topological polar surface area (TPSA) is 72.6 Å². The Kier molecular flexibility index (Phi) is 6.08. The smallest absolute Gasteiger partial charge is 0.422 e. The number of hydrogen-bond donors (Lipinski definition) is 1. The van der Waals surface area contributed by atoms with Crippen LogP contribution in [0.4, 0.5) is 16.2 Å². The number of anilines is 2. The Labute approximate surface area is 162 Å². The summed E-state index contributed by atoms with van der Waals surface area (Å²) in [5, 5.41) is 0. The molecule has 0 aliphatic carbocycles. The highest BCUT2D eigenvalue weighted by molar-refractivity contribution is 9.10. The van der Waals surface area contributed by atoms with Gasteiger partial charge in [0.2, 0.25) is 0 Å². The van der Waals surface area contributed by atoms with Crippen LogP contribution in [-0.4, -0.2) is 17.6 Å². The van der Waals surface area contributed by atoms with Crippen LogP contribution in [0.25, 0.3) is 0 Å². The second kappa shape index (κ2) is 7.91. The molecule has 0 saturated heterocycles. The molecule has 2 aromatic carbocycles. The molecule has 0 bridgehead atoms. The second-order valence-corrected chi connectivity index (χ2v) is 7.69.